The van der Waals surface area contributed by atoms with Gasteiger partial charge in [-0.25, -0.2) is 9.89 Å². The monoisotopic (exact) mass is 307 g/mol. The van der Waals surface area contributed by atoms with E-state index in [-0.39, 0.29) is 17.0 Å². The number of thioether (sulfide) groups is 1. The minimum Gasteiger partial charge on any atom is -0.326 e. The van der Waals surface area contributed by atoms with Crippen LogP contribution in [0.5, 0.6) is 0 Å². The lowest BCUT2D eigenvalue weighted by molar-refractivity contribution is 0.594. The molecular weight excluding hydrogens is 286 g/mol. The van der Waals surface area contributed by atoms with Crippen molar-refractivity contribution in [3.8, 4) is 0 Å². The summed E-state index contributed by atoms with van der Waals surface area (Å²) in [5.41, 5.74) is 7.19. The van der Waals surface area contributed by atoms with Crippen molar-refractivity contribution < 1.29 is 0 Å². The number of aromatic amines is 1. The second kappa shape index (κ2) is 7.42. The van der Waals surface area contributed by atoms with Gasteiger partial charge < -0.3 is 5.73 Å². The fourth-order valence-electron chi connectivity index (χ4n) is 2.10. The molecule has 2 unspecified atom stereocenters. The lowest BCUT2D eigenvalue weighted by atomic mass is 10.1. The lowest BCUT2D eigenvalue weighted by Crippen LogP contribution is -2.26. The summed E-state index contributed by atoms with van der Waals surface area (Å²) >= 11 is 1.53. The van der Waals surface area contributed by atoms with E-state index in [0.29, 0.717) is 11.7 Å². The summed E-state index contributed by atoms with van der Waals surface area (Å²) < 4.78 is 1.67. The van der Waals surface area contributed by atoms with Crippen molar-refractivity contribution in [2.75, 3.05) is 0 Å². The lowest BCUT2D eigenvalue weighted by Gasteiger charge is -2.22. The molecule has 114 valence electrons. The number of rotatable bonds is 7. The average Bonchev–Trinajstić information content (AvgIpc) is 2.86. The third kappa shape index (κ3) is 3.74. The minimum absolute atomic E-state index is 0.0146. The summed E-state index contributed by atoms with van der Waals surface area (Å²) in [5, 5.41) is 7.39. The molecule has 2 atom stereocenters. The van der Waals surface area contributed by atoms with Crippen LogP contribution in [0.4, 0.5) is 0 Å². The molecule has 7 heteroatoms. The van der Waals surface area contributed by atoms with E-state index in [9.17, 15) is 4.79 Å². The first-order valence-corrected chi connectivity index (χ1v) is 8.02. The Morgan fingerprint density at radius 1 is 1.38 bits per heavy atom. The van der Waals surface area contributed by atoms with E-state index >= 15 is 0 Å². The number of H-pyrrole nitrogens is 1. The van der Waals surface area contributed by atoms with Gasteiger partial charge >= 0.3 is 5.69 Å². The zero-order valence-corrected chi connectivity index (χ0v) is 13.1. The number of nitrogens with zero attached hydrogens (tertiary/aromatic N) is 3. The highest BCUT2D eigenvalue weighted by molar-refractivity contribution is 7.99. The van der Waals surface area contributed by atoms with Crippen molar-refractivity contribution in [1.29, 1.82) is 0 Å². The molecule has 0 radical (unpaired) electrons. The molecule has 0 bridgehead atoms. The Morgan fingerprint density at radius 3 is 2.71 bits per heavy atom. The van der Waals surface area contributed by atoms with E-state index in [1.54, 1.807) is 17.0 Å². The molecule has 0 saturated heterocycles. The predicted molar refractivity (Wildman–Crippen MR) is 84.2 cm³/mol. The molecule has 2 rings (SSSR count). The zero-order chi connectivity index (χ0) is 15.2. The second-order valence-electron chi connectivity index (χ2n) is 4.85. The van der Waals surface area contributed by atoms with Crippen LogP contribution in [0.1, 0.15) is 37.5 Å². The fraction of sp³-hybridized carbons (Fsp3) is 0.500. The molecule has 0 aromatic carbocycles. The van der Waals surface area contributed by atoms with E-state index in [0.717, 1.165) is 18.4 Å². The van der Waals surface area contributed by atoms with Gasteiger partial charge in [-0.1, -0.05) is 25.6 Å². The largest absolute Gasteiger partial charge is 0.343 e. The fourth-order valence-corrected chi connectivity index (χ4v) is 3.38. The summed E-state index contributed by atoms with van der Waals surface area (Å²) in [7, 11) is 0. The molecule has 0 aliphatic heterocycles. The highest BCUT2D eigenvalue weighted by Crippen LogP contribution is 2.36. The van der Waals surface area contributed by atoms with Crippen molar-refractivity contribution in [2.45, 2.75) is 49.7 Å². The van der Waals surface area contributed by atoms with Gasteiger partial charge in [0.1, 0.15) is 0 Å². The molecule has 0 aliphatic rings. The van der Waals surface area contributed by atoms with E-state index in [1.165, 1.54) is 11.8 Å². The van der Waals surface area contributed by atoms with Gasteiger partial charge in [0.2, 0.25) is 0 Å². The van der Waals surface area contributed by atoms with Crippen LogP contribution in [0.2, 0.25) is 0 Å². The first kappa shape index (κ1) is 15.8. The quantitative estimate of drug-likeness (QED) is 0.763. The number of nitrogens with one attached hydrogen (secondary N) is 1. The third-order valence-corrected chi connectivity index (χ3v) is 4.70. The second-order valence-corrected chi connectivity index (χ2v) is 5.96. The summed E-state index contributed by atoms with van der Waals surface area (Å²) in [5.74, 6) is 0. The molecule has 2 heterocycles. The average molecular weight is 307 g/mol. The molecule has 6 nitrogen and oxygen atoms in total. The van der Waals surface area contributed by atoms with Crippen LogP contribution in [0, 0.1) is 0 Å². The maximum Gasteiger partial charge on any atom is 0.343 e. The van der Waals surface area contributed by atoms with Gasteiger partial charge in [0, 0.05) is 25.0 Å². The molecule has 0 aliphatic carbocycles. The molecule has 0 amide bonds. The van der Waals surface area contributed by atoms with Crippen LogP contribution in [0.3, 0.4) is 0 Å². The molecule has 2 aromatic heterocycles. The maximum atomic E-state index is 11.8. The number of pyridine rings is 1. The third-order valence-electron chi connectivity index (χ3n) is 3.30. The van der Waals surface area contributed by atoms with E-state index in [2.05, 4.69) is 22.1 Å². The SMILES string of the molecule is CCCn1c(SC(c2ccncc2)C(N)CC)n[nH]c1=O. The van der Waals surface area contributed by atoms with Crippen molar-refractivity contribution in [3.05, 3.63) is 40.6 Å². The minimum atomic E-state index is -0.169. The van der Waals surface area contributed by atoms with Gasteiger partial charge in [0.25, 0.3) is 0 Å². The summed E-state index contributed by atoms with van der Waals surface area (Å²) in [6.07, 6.45) is 5.25. The van der Waals surface area contributed by atoms with Crippen molar-refractivity contribution in [2.24, 2.45) is 5.73 Å². The highest BCUT2D eigenvalue weighted by atomic mass is 32.2. The summed E-state index contributed by atoms with van der Waals surface area (Å²) in [4.78, 5) is 15.8. The van der Waals surface area contributed by atoms with Gasteiger partial charge in [-0.2, -0.15) is 0 Å². The Morgan fingerprint density at radius 2 is 2.10 bits per heavy atom. The van der Waals surface area contributed by atoms with E-state index < -0.39 is 0 Å². The normalized spacial score (nSPS) is 14.0. The molecule has 0 saturated carbocycles. The first-order chi connectivity index (χ1) is 10.2. The van der Waals surface area contributed by atoms with Crippen LogP contribution in [0.25, 0.3) is 0 Å². The standard InChI is InChI=1S/C14H21N5OS/c1-3-9-19-13(20)17-18-14(19)21-12(11(15)4-2)10-5-7-16-8-6-10/h5-8,11-12H,3-4,9,15H2,1-2H3,(H,17,20). The van der Waals surface area contributed by atoms with Gasteiger partial charge in [-0.3, -0.25) is 9.55 Å². The van der Waals surface area contributed by atoms with Gasteiger partial charge in [-0.15, -0.1) is 5.10 Å². The summed E-state index contributed by atoms with van der Waals surface area (Å²) in [6, 6.07) is 3.91. The molecule has 0 spiro atoms. The maximum absolute atomic E-state index is 11.8. The highest BCUT2D eigenvalue weighted by Gasteiger charge is 2.23. The predicted octanol–water partition coefficient (Wildman–Crippen LogP) is 1.95. The Labute approximate surface area is 128 Å². The Hall–Kier alpha value is -1.60. The number of aromatic nitrogens is 4. The molecule has 3 N–H and O–H groups in total. The van der Waals surface area contributed by atoms with Crippen molar-refractivity contribution in [1.82, 2.24) is 19.7 Å². The van der Waals surface area contributed by atoms with Crippen LogP contribution in [0.15, 0.2) is 34.5 Å². The Balaban J connectivity index is 2.30. The molecule has 2 aromatic rings. The van der Waals surface area contributed by atoms with E-state index in [1.807, 2.05) is 19.1 Å². The van der Waals surface area contributed by atoms with E-state index in [4.69, 9.17) is 5.73 Å². The Bertz CT molecular complexity index is 609. The molecular formula is C14H21N5OS. The van der Waals surface area contributed by atoms with Crippen LogP contribution >= 0.6 is 11.8 Å². The van der Waals surface area contributed by atoms with Gasteiger partial charge in [0.15, 0.2) is 5.16 Å². The number of hydrogen-bond donors (Lipinski definition) is 2. The first-order valence-electron chi connectivity index (χ1n) is 7.14. The zero-order valence-electron chi connectivity index (χ0n) is 12.3. The number of hydrogen-bond acceptors (Lipinski definition) is 5. The van der Waals surface area contributed by atoms with Crippen LogP contribution < -0.4 is 11.4 Å². The molecule has 21 heavy (non-hydrogen) atoms. The van der Waals surface area contributed by atoms with Crippen LogP contribution in [-0.2, 0) is 6.54 Å². The van der Waals surface area contributed by atoms with Gasteiger partial charge in [0.05, 0.1) is 5.25 Å². The molecule has 0 fully saturated rings. The smallest absolute Gasteiger partial charge is 0.326 e. The topological polar surface area (TPSA) is 89.6 Å². The van der Waals surface area contributed by atoms with Gasteiger partial charge in [-0.05, 0) is 30.5 Å². The summed E-state index contributed by atoms with van der Waals surface area (Å²) in [6.45, 7) is 4.75. The number of nitrogens with two attached hydrogens (primary N) is 1. The van der Waals surface area contributed by atoms with Crippen LogP contribution in [-0.4, -0.2) is 25.8 Å². The van der Waals surface area contributed by atoms with Crippen molar-refractivity contribution in [3.63, 3.8) is 0 Å². The Kier molecular flexibility index (Phi) is 5.58. The van der Waals surface area contributed by atoms with Crippen molar-refractivity contribution >= 4 is 11.8 Å².